The fourth-order valence-corrected chi connectivity index (χ4v) is 1.73. The molecule has 0 unspecified atom stereocenters. The molecule has 0 aliphatic rings. The summed E-state index contributed by atoms with van der Waals surface area (Å²) in [7, 11) is 0. The molecule has 3 nitrogen and oxygen atoms in total. The fourth-order valence-electron chi connectivity index (χ4n) is 1.41. The van der Waals surface area contributed by atoms with Crippen LogP contribution in [0.25, 0.3) is 10.9 Å². The van der Waals surface area contributed by atoms with Crippen LogP contribution in [-0.2, 0) is 14.9 Å². The number of halogens is 2. The molecule has 19 heavy (non-hydrogen) atoms. The second kappa shape index (κ2) is 6.70. The van der Waals surface area contributed by atoms with Crippen LogP contribution in [-0.4, -0.2) is 17.1 Å². The van der Waals surface area contributed by atoms with E-state index in [1.165, 1.54) is 6.07 Å². The Morgan fingerprint density at radius 1 is 1.42 bits per heavy atom. The normalized spacial score (nSPS) is 10.8. The van der Waals surface area contributed by atoms with Gasteiger partial charge in [-0.25, -0.2) is 4.39 Å². The van der Waals surface area contributed by atoms with Gasteiger partial charge in [0.2, 0.25) is 0 Å². The number of alkyl halides is 1. The van der Waals surface area contributed by atoms with E-state index >= 15 is 0 Å². The lowest BCUT2D eigenvalue weighted by molar-refractivity contribution is -0.138. The Morgan fingerprint density at radius 3 is 2.58 bits per heavy atom. The van der Waals surface area contributed by atoms with Crippen LogP contribution in [0.3, 0.4) is 0 Å². The summed E-state index contributed by atoms with van der Waals surface area (Å²) in [6, 6.07) is 5.36. The molecule has 1 heterocycles. The van der Waals surface area contributed by atoms with Crippen molar-refractivity contribution < 1.29 is 13.9 Å². The van der Waals surface area contributed by atoms with E-state index < -0.39 is 0 Å². The predicted octanol–water partition coefficient (Wildman–Crippen LogP) is 4.16. The number of fused-ring (bicyclic) bond motifs is 1. The molecule has 0 fully saturated rings. The molecule has 0 radical (unpaired) electrons. The molecule has 2 aromatic rings. The molecule has 0 saturated heterocycles. The van der Waals surface area contributed by atoms with Crippen molar-refractivity contribution in [1.82, 2.24) is 4.98 Å². The second-order valence-electron chi connectivity index (χ2n) is 4.98. The van der Waals surface area contributed by atoms with Gasteiger partial charge >= 0.3 is 0 Å². The van der Waals surface area contributed by atoms with Crippen LogP contribution < -0.4 is 0 Å². The van der Waals surface area contributed by atoms with E-state index in [0.717, 1.165) is 10.9 Å². The molecule has 0 saturated carbocycles. The number of aromatic amines is 1. The number of aromatic nitrogens is 1. The van der Waals surface area contributed by atoms with Gasteiger partial charge in [0.05, 0.1) is 5.52 Å². The molecular formula is C14H17BrFNO2. The van der Waals surface area contributed by atoms with Gasteiger partial charge in [-0.05, 0) is 44.5 Å². The minimum atomic E-state index is -0.318. The zero-order valence-electron chi connectivity index (χ0n) is 11.2. The molecule has 0 atom stereocenters. The standard InChI is InChI=1S/C9H7BrFN.C5H10O2/c10-5-6-3-7-1-2-12-9(7)8(11)4-6;1-5(2,3)7-4-6/h1-4,12H,5H2;4H,1-3H3. The Balaban J connectivity index is 0.000000224. The number of carbonyl (C=O) groups excluding carboxylic acids is 1. The Hall–Kier alpha value is -1.36. The van der Waals surface area contributed by atoms with Crippen molar-refractivity contribution in [3.05, 3.63) is 35.8 Å². The monoisotopic (exact) mass is 329 g/mol. The van der Waals surface area contributed by atoms with Gasteiger partial charge in [-0.3, -0.25) is 4.79 Å². The maximum Gasteiger partial charge on any atom is 0.293 e. The van der Waals surface area contributed by atoms with Crippen molar-refractivity contribution in [3.8, 4) is 0 Å². The number of ether oxygens (including phenoxy) is 1. The first-order valence-electron chi connectivity index (χ1n) is 5.80. The number of carbonyl (C=O) groups is 1. The smallest absolute Gasteiger partial charge is 0.293 e. The number of H-pyrrole nitrogens is 1. The molecule has 1 N–H and O–H groups in total. The molecule has 1 aromatic carbocycles. The van der Waals surface area contributed by atoms with Crippen LogP contribution >= 0.6 is 15.9 Å². The van der Waals surface area contributed by atoms with Gasteiger partial charge in [0.1, 0.15) is 11.4 Å². The summed E-state index contributed by atoms with van der Waals surface area (Å²) in [5, 5.41) is 1.61. The number of rotatable bonds is 2. The van der Waals surface area contributed by atoms with E-state index in [1.54, 1.807) is 6.20 Å². The molecular weight excluding hydrogens is 313 g/mol. The highest BCUT2D eigenvalue weighted by Crippen LogP contribution is 2.19. The average Bonchev–Trinajstić information content (AvgIpc) is 2.76. The Kier molecular flexibility index (Phi) is 5.54. The zero-order valence-corrected chi connectivity index (χ0v) is 12.8. The average molecular weight is 330 g/mol. The molecule has 104 valence electrons. The van der Waals surface area contributed by atoms with Gasteiger partial charge in [-0.15, -0.1) is 0 Å². The molecule has 1 aromatic heterocycles. The number of nitrogens with one attached hydrogen (secondary N) is 1. The highest BCUT2D eigenvalue weighted by atomic mass is 79.9. The van der Waals surface area contributed by atoms with Crippen LogP contribution in [0.15, 0.2) is 24.4 Å². The molecule has 0 amide bonds. The maximum atomic E-state index is 13.2. The third-order valence-electron chi connectivity index (χ3n) is 2.23. The van der Waals surface area contributed by atoms with Crippen molar-refractivity contribution in [2.24, 2.45) is 0 Å². The summed E-state index contributed by atoms with van der Waals surface area (Å²) < 4.78 is 17.8. The van der Waals surface area contributed by atoms with Gasteiger partial charge in [-0.2, -0.15) is 0 Å². The lowest BCUT2D eigenvalue weighted by Gasteiger charge is -2.14. The van der Waals surface area contributed by atoms with Crippen molar-refractivity contribution in [1.29, 1.82) is 0 Å². The Labute approximate surface area is 120 Å². The van der Waals surface area contributed by atoms with Gasteiger partial charge in [0.15, 0.2) is 0 Å². The topological polar surface area (TPSA) is 42.1 Å². The number of hydrogen-bond donors (Lipinski definition) is 1. The van der Waals surface area contributed by atoms with Crippen LogP contribution in [0.4, 0.5) is 4.39 Å². The van der Waals surface area contributed by atoms with Crippen molar-refractivity contribution in [2.75, 3.05) is 0 Å². The largest absolute Gasteiger partial charge is 0.462 e. The molecule has 0 bridgehead atoms. The van der Waals surface area contributed by atoms with Gasteiger partial charge < -0.3 is 9.72 Å². The molecule has 0 aliphatic heterocycles. The van der Waals surface area contributed by atoms with Gasteiger partial charge in [0.25, 0.3) is 6.47 Å². The maximum absolute atomic E-state index is 13.2. The van der Waals surface area contributed by atoms with Crippen molar-refractivity contribution >= 4 is 33.3 Å². The Bertz CT molecular complexity index is 546. The molecule has 0 spiro atoms. The summed E-state index contributed by atoms with van der Waals surface area (Å²) in [5.74, 6) is -0.188. The molecule has 0 aliphatic carbocycles. The lowest BCUT2D eigenvalue weighted by Crippen LogP contribution is -2.17. The molecule has 2 rings (SSSR count). The van der Waals surface area contributed by atoms with Crippen molar-refractivity contribution in [2.45, 2.75) is 31.7 Å². The molecule has 5 heteroatoms. The van der Waals surface area contributed by atoms with Gasteiger partial charge in [0, 0.05) is 16.9 Å². The fraction of sp³-hybridized carbons (Fsp3) is 0.357. The van der Waals surface area contributed by atoms with Crippen LogP contribution in [0.1, 0.15) is 26.3 Å². The number of benzene rings is 1. The van der Waals surface area contributed by atoms with E-state index in [0.29, 0.717) is 17.3 Å². The van der Waals surface area contributed by atoms with Crippen LogP contribution in [0.2, 0.25) is 0 Å². The highest BCUT2D eigenvalue weighted by Gasteiger charge is 2.07. The Morgan fingerprint density at radius 2 is 2.11 bits per heavy atom. The van der Waals surface area contributed by atoms with E-state index in [2.05, 4.69) is 25.7 Å². The van der Waals surface area contributed by atoms with Crippen LogP contribution in [0.5, 0.6) is 0 Å². The minimum absolute atomic E-state index is 0.188. The highest BCUT2D eigenvalue weighted by molar-refractivity contribution is 9.08. The first kappa shape index (κ1) is 15.7. The zero-order chi connectivity index (χ0) is 14.5. The van der Waals surface area contributed by atoms with E-state index in [1.807, 2.05) is 32.9 Å². The van der Waals surface area contributed by atoms with E-state index in [4.69, 9.17) is 0 Å². The third kappa shape index (κ3) is 5.03. The second-order valence-corrected chi connectivity index (χ2v) is 5.54. The van der Waals surface area contributed by atoms with E-state index in [9.17, 15) is 9.18 Å². The predicted molar refractivity (Wildman–Crippen MR) is 77.8 cm³/mol. The summed E-state index contributed by atoms with van der Waals surface area (Å²) in [6.07, 6.45) is 1.74. The van der Waals surface area contributed by atoms with Crippen LogP contribution in [0, 0.1) is 5.82 Å². The summed E-state index contributed by atoms with van der Waals surface area (Å²) in [5.41, 5.74) is 1.22. The quantitative estimate of drug-likeness (QED) is 0.664. The van der Waals surface area contributed by atoms with E-state index in [-0.39, 0.29) is 11.4 Å². The summed E-state index contributed by atoms with van der Waals surface area (Å²) in [6.45, 7) is 5.92. The summed E-state index contributed by atoms with van der Waals surface area (Å²) >= 11 is 3.29. The first-order chi connectivity index (χ1) is 8.87. The van der Waals surface area contributed by atoms with Gasteiger partial charge in [-0.1, -0.05) is 15.9 Å². The summed E-state index contributed by atoms with van der Waals surface area (Å²) in [4.78, 5) is 12.4. The first-order valence-corrected chi connectivity index (χ1v) is 6.92. The minimum Gasteiger partial charge on any atom is -0.462 e. The third-order valence-corrected chi connectivity index (χ3v) is 2.87. The van der Waals surface area contributed by atoms with Crippen molar-refractivity contribution in [3.63, 3.8) is 0 Å². The lowest BCUT2D eigenvalue weighted by atomic mass is 10.2. The SMILES string of the molecule is CC(C)(C)OC=O.Fc1cc(CBr)cc2cc[nH]c12. The number of hydrogen-bond acceptors (Lipinski definition) is 2.